The van der Waals surface area contributed by atoms with E-state index >= 15 is 0 Å². The van der Waals surface area contributed by atoms with Crippen LogP contribution in [0.5, 0.6) is 5.75 Å². The predicted molar refractivity (Wildman–Crippen MR) is 79.2 cm³/mol. The zero-order valence-corrected chi connectivity index (χ0v) is 12.1. The van der Waals surface area contributed by atoms with Crippen LogP contribution in [0.4, 0.5) is 0 Å². The molecule has 1 amide bonds. The van der Waals surface area contributed by atoms with Crippen molar-refractivity contribution in [1.82, 2.24) is 10.6 Å². The molecule has 1 saturated heterocycles. The minimum Gasteiger partial charge on any atom is -0.508 e. The summed E-state index contributed by atoms with van der Waals surface area (Å²) in [6, 6.07) is 5.76. The summed E-state index contributed by atoms with van der Waals surface area (Å²) in [4.78, 5) is 11.8. The van der Waals surface area contributed by atoms with Gasteiger partial charge in [0.25, 0.3) is 0 Å². The summed E-state index contributed by atoms with van der Waals surface area (Å²) in [5.41, 5.74) is 0.701. The van der Waals surface area contributed by atoms with Crippen molar-refractivity contribution in [2.24, 2.45) is 0 Å². The molecule has 1 aliphatic rings. The first-order valence-electron chi connectivity index (χ1n) is 7.29. The number of hydrogen-bond donors (Lipinski definition) is 6. The molecule has 0 aromatic heterocycles. The van der Waals surface area contributed by atoms with Gasteiger partial charge in [0.2, 0.25) is 5.91 Å². The third-order valence-electron chi connectivity index (χ3n) is 3.93. The third kappa shape index (κ3) is 3.95. The van der Waals surface area contributed by atoms with Gasteiger partial charge in [0.1, 0.15) is 5.75 Å². The van der Waals surface area contributed by atoms with Crippen LogP contribution in [0.2, 0.25) is 0 Å². The summed E-state index contributed by atoms with van der Waals surface area (Å²) < 4.78 is 0. The minimum atomic E-state index is -1.05. The summed E-state index contributed by atoms with van der Waals surface area (Å²) in [5.74, 6) is -0.0451. The summed E-state index contributed by atoms with van der Waals surface area (Å²) in [7, 11) is 0. The van der Waals surface area contributed by atoms with Gasteiger partial charge in [0, 0.05) is 13.0 Å². The summed E-state index contributed by atoms with van der Waals surface area (Å²) in [5, 5.41) is 43.7. The fourth-order valence-corrected chi connectivity index (χ4v) is 2.57. The van der Waals surface area contributed by atoms with Gasteiger partial charge in [-0.2, -0.15) is 0 Å². The quantitative estimate of drug-likeness (QED) is 0.380. The molecule has 22 heavy (non-hydrogen) atoms. The molecule has 4 atom stereocenters. The van der Waals surface area contributed by atoms with Crippen molar-refractivity contribution in [3.8, 4) is 5.75 Å². The number of hydrogen-bond acceptors (Lipinski definition) is 6. The lowest BCUT2D eigenvalue weighted by molar-refractivity contribution is -0.121. The van der Waals surface area contributed by atoms with Gasteiger partial charge in [-0.15, -0.1) is 0 Å². The van der Waals surface area contributed by atoms with Crippen molar-refractivity contribution in [3.63, 3.8) is 0 Å². The van der Waals surface area contributed by atoms with Crippen LogP contribution < -0.4 is 10.6 Å². The number of aliphatic hydroxyl groups is 3. The molecule has 0 bridgehead atoms. The average Bonchev–Trinajstić information content (AvgIpc) is 2.79. The van der Waals surface area contributed by atoms with Gasteiger partial charge in [0.15, 0.2) is 0 Å². The number of aryl methyl sites for hydroxylation is 1. The zero-order chi connectivity index (χ0) is 16.1. The first-order chi connectivity index (χ1) is 10.5. The summed E-state index contributed by atoms with van der Waals surface area (Å²) in [6.45, 7) is -0.121. The number of benzene rings is 1. The molecular formula is C15H22N2O5. The SMILES string of the molecule is O=C(CCc1ccccc1O)NC[C@@H]1N[C@H](CO)[C@H](O)[C@@H]1O. The first kappa shape index (κ1) is 16.7. The Morgan fingerprint density at radius 3 is 2.50 bits per heavy atom. The monoisotopic (exact) mass is 310 g/mol. The molecular weight excluding hydrogens is 288 g/mol. The average molecular weight is 310 g/mol. The first-order valence-corrected chi connectivity index (χ1v) is 7.29. The van der Waals surface area contributed by atoms with Crippen molar-refractivity contribution < 1.29 is 25.2 Å². The molecule has 1 fully saturated rings. The van der Waals surface area contributed by atoms with E-state index in [4.69, 9.17) is 5.11 Å². The highest BCUT2D eigenvalue weighted by Crippen LogP contribution is 2.17. The molecule has 0 unspecified atom stereocenters. The van der Waals surface area contributed by atoms with Crippen LogP contribution in [0.25, 0.3) is 0 Å². The minimum absolute atomic E-state index is 0.161. The normalized spacial score (nSPS) is 27.8. The number of carbonyl (C=O) groups is 1. The van der Waals surface area contributed by atoms with E-state index in [1.54, 1.807) is 24.3 Å². The van der Waals surface area contributed by atoms with Gasteiger partial charge in [-0.3, -0.25) is 4.79 Å². The maximum atomic E-state index is 11.8. The van der Waals surface area contributed by atoms with Crippen LogP contribution in [0.1, 0.15) is 12.0 Å². The maximum Gasteiger partial charge on any atom is 0.220 e. The number of aromatic hydroxyl groups is 1. The summed E-state index contributed by atoms with van der Waals surface area (Å²) in [6.07, 6.45) is -1.45. The molecule has 0 spiro atoms. The van der Waals surface area contributed by atoms with Crippen LogP contribution in [0.15, 0.2) is 24.3 Å². The fourth-order valence-electron chi connectivity index (χ4n) is 2.57. The van der Waals surface area contributed by atoms with E-state index in [1.165, 1.54) is 0 Å². The van der Waals surface area contributed by atoms with E-state index in [0.29, 0.717) is 12.0 Å². The van der Waals surface area contributed by atoms with Crippen molar-refractivity contribution in [3.05, 3.63) is 29.8 Å². The molecule has 7 heteroatoms. The molecule has 1 aliphatic heterocycles. The molecule has 7 nitrogen and oxygen atoms in total. The highest BCUT2D eigenvalue weighted by molar-refractivity contribution is 5.76. The van der Waals surface area contributed by atoms with Crippen LogP contribution in [0, 0.1) is 0 Å². The van der Waals surface area contributed by atoms with Crippen LogP contribution >= 0.6 is 0 Å². The number of rotatable bonds is 6. The summed E-state index contributed by atoms with van der Waals surface area (Å²) >= 11 is 0. The van der Waals surface area contributed by atoms with Crippen molar-refractivity contribution >= 4 is 5.91 Å². The predicted octanol–water partition coefficient (Wildman–Crippen LogP) is -1.50. The van der Waals surface area contributed by atoms with Crippen molar-refractivity contribution in [1.29, 1.82) is 0 Å². The molecule has 0 radical (unpaired) electrons. The topological polar surface area (TPSA) is 122 Å². The number of aliphatic hydroxyl groups excluding tert-OH is 3. The highest BCUT2D eigenvalue weighted by atomic mass is 16.3. The van der Waals surface area contributed by atoms with E-state index in [0.717, 1.165) is 0 Å². The van der Waals surface area contributed by atoms with Gasteiger partial charge in [0.05, 0.1) is 30.9 Å². The fraction of sp³-hybridized carbons (Fsp3) is 0.533. The van der Waals surface area contributed by atoms with E-state index in [1.807, 2.05) is 0 Å². The molecule has 1 aromatic rings. The van der Waals surface area contributed by atoms with Gasteiger partial charge in [-0.05, 0) is 18.1 Å². The molecule has 0 saturated carbocycles. The molecule has 0 aliphatic carbocycles. The number of phenolic OH excluding ortho intramolecular Hbond substituents is 1. The lowest BCUT2D eigenvalue weighted by atomic mass is 10.1. The lowest BCUT2D eigenvalue weighted by Crippen LogP contribution is -2.44. The second-order valence-electron chi connectivity index (χ2n) is 5.48. The second-order valence-corrected chi connectivity index (χ2v) is 5.48. The standard InChI is InChI=1S/C15H22N2O5/c18-8-11-15(22)14(21)10(17-11)7-16-13(20)6-5-9-3-1-2-4-12(9)19/h1-4,10-11,14-15,17-19,21-22H,5-8H2,(H,16,20)/t10-,11+,14+,15-/m0/s1. The van der Waals surface area contributed by atoms with Gasteiger partial charge >= 0.3 is 0 Å². The number of phenols is 1. The number of nitrogens with one attached hydrogen (secondary N) is 2. The number of para-hydroxylation sites is 1. The molecule has 1 heterocycles. The maximum absolute atomic E-state index is 11.8. The van der Waals surface area contributed by atoms with Crippen LogP contribution in [0.3, 0.4) is 0 Å². The molecule has 1 aromatic carbocycles. The van der Waals surface area contributed by atoms with Crippen molar-refractivity contribution in [2.75, 3.05) is 13.2 Å². The lowest BCUT2D eigenvalue weighted by Gasteiger charge is -2.16. The van der Waals surface area contributed by atoms with Gasteiger partial charge in [-0.1, -0.05) is 18.2 Å². The van der Waals surface area contributed by atoms with Gasteiger partial charge < -0.3 is 31.1 Å². The highest BCUT2D eigenvalue weighted by Gasteiger charge is 2.40. The number of carbonyl (C=O) groups excluding carboxylic acids is 1. The molecule has 122 valence electrons. The van der Waals surface area contributed by atoms with Gasteiger partial charge in [-0.25, -0.2) is 0 Å². The molecule has 6 N–H and O–H groups in total. The Bertz CT molecular complexity index is 510. The Balaban J connectivity index is 1.75. The second kappa shape index (κ2) is 7.55. The smallest absolute Gasteiger partial charge is 0.220 e. The Morgan fingerprint density at radius 1 is 1.18 bits per heavy atom. The molecule has 2 rings (SSSR count). The van der Waals surface area contributed by atoms with E-state index in [2.05, 4.69) is 10.6 Å². The van der Waals surface area contributed by atoms with E-state index in [-0.39, 0.29) is 31.2 Å². The van der Waals surface area contributed by atoms with Crippen molar-refractivity contribution in [2.45, 2.75) is 37.1 Å². The Hall–Kier alpha value is -1.67. The zero-order valence-electron chi connectivity index (χ0n) is 12.1. The number of amides is 1. The third-order valence-corrected chi connectivity index (χ3v) is 3.93. The van der Waals surface area contributed by atoms with E-state index < -0.39 is 24.3 Å². The largest absolute Gasteiger partial charge is 0.508 e. The Kier molecular flexibility index (Phi) is 5.73. The Morgan fingerprint density at radius 2 is 1.86 bits per heavy atom. The van der Waals surface area contributed by atoms with Crippen LogP contribution in [-0.2, 0) is 11.2 Å². The Labute approximate surface area is 128 Å². The van der Waals surface area contributed by atoms with E-state index in [9.17, 15) is 20.1 Å². The van der Waals surface area contributed by atoms with Crippen LogP contribution in [-0.4, -0.2) is 63.8 Å².